The fourth-order valence-electron chi connectivity index (χ4n) is 2.32. The molecule has 0 fully saturated rings. The zero-order valence-corrected chi connectivity index (χ0v) is 11.9. The Hall–Kier alpha value is -1.83. The molecule has 3 aromatic carbocycles. The van der Waals surface area contributed by atoms with E-state index in [0.717, 1.165) is 28.2 Å². The van der Waals surface area contributed by atoms with Crippen molar-refractivity contribution in [2.24, 2.45) is 0 Å². The van der Waals surface area contributed by atoms with Gasteiger partial charge in [-0.25, -0.2) is 0 Å². The van der Waals surface area contributed by atoms with Crippen molar-refractivity contribution in [3.05, 3.63) is 70.2 Å². The van der Waals surface area contributed by atoms with Crippen LogP contribution in [0.5, 0.6) is 0 Å². The quantitative estimate of drug-likeness (QED) is 0.561. The minimum Gasteiger partial charge on any atom is -0.298 e. The third kappa shape index (κ3) is 2.20. The first kappa shape index (κ1) is 13.2. The SMILES string of the molecule is O=Cc1cc(-c2ccc(Cl)c3ccccc23)ccc1Cl. The van der Waals surface area contributed by atoms with Crippen LogP contribution in [-0.2, 0) is 0 Å². The number of rotatable bonds is 2. The van der Waals surface area contributed by atoms with Gasteiger partial charge >= 0.3 is 0 Å². The highest BCUT2D eigenvalue weighted by Gasteiger charge is 2.08. The topological polar surface area (TPSA) is 17.1 Å². The van der Waals surface area contributed by atoms with Gasteiger partial charge in [0.1, 0.15) is 0 Å². The molecule has 0 radical (unpaired) electrons. The van der Waals surface area contributed by atoms with Gasteiger partial charge in [0, 0.05) is 16.0 Å². The number of aldehydes is 1. The lowest BCUT2D eigenvalue weighted by atomic mass is 9.97. The maximum Gasteiger partial charge on any atom is 0.151 e. The average molecular weight is 301 g/mol. The van der Waals surface area contributed by atoms with Crippen molar-refractivity contribution in [1.82, 2.24) is 0 Å². The summed E-state index contributed by atoms with van der Waals surface area (Å²) in [6.07, 6.45) is 0.768. The monoisotopic (exact) mass is 300 g/mol. The number of carbonyl (C=O) groups excluding carboxylic acids is 1. The lowest BCUT2D eigenvalue weighted by Crippen LogP contribution is -1.86. The lowest BCUT2D eigenvalue weighted by Gasteiger charge is -2.09. The fourth-order valence-corrected chi connectivity index (χ4v) is 2.71. The molecular weight excluding hydrogens is 291 g/mol. The summed E-state index contributed by atoms with van der Waals surface area (Å²) in [5.41, 5.74) is 2.47. The van der Waals surface area contributed by atoms with Gasteiger partial charge in [0.25, 0.3) is 0 Å². The van der Waals surface area contributed by atoms with E-state index in [1.165, 1.54) is 0 Å². The fraction of sp³-hybridized carbons (Fsp3) is 0. The summed E-state index contributed by atoms with van der Waals surface area (Å²) in [6, 6.07) is 17.2. The Bertz CT molecular complexity index is 809. The van der Waals surface area contributed by atoms with Crippen LogP contribution in [0.4, 0.5) is 0 Å². The molecule has 0 aliphatic heterocycles. The molecule has 0 aliphatic rings. The van der Waals surface area contributed by atoms with Crippen molar-refractivity contribution >= 4 is 40.3 Å². The molecule has 0 heterocycles. The van der Waals surface area contributed by atoms with Gasteiger partial charge in [0.15, 0.2) is 6.29 Å². The van der Waals surface area contributed by atoms with Gasteiger partial charge in [-0.2, -0.15) is 0 Å². The summed E-state index contributed by atoms with van der Waals surface area (Å²) in [6.45, 7) is 0. The molecule has 0 unspecified atom stereocenters. The van der Waals surface area contributed by atoms with Crippen LogP contribution >= 0.6 is 23.2 Å². The summed E-state index contributed by atoms with van der Waals surface area (Å²) >= 11 is 12.2. The highest BCUT2D eigenvalue weighted by molar-refractivity contribution is 6.36. The Morgan fingerprint density at radius 2 is 1.50 bits per heavy atom. The van der Waals surface area contributed by atoms with E-state index in [2.05, 4.69) is 0 Å². The van der Waals surface area contributed by atoms with Gasteiger partial charge < -0.3 is 0 Å². The van der Waals surface area contributed by atoms with Crippen LogP contribution in [0.1, 0.15) is 10.4 Å². The number of fused-ring (bicyclic) bond motifs is 1. The Balaban J connectivity index is 2.30. The van der Waals surface area contributed by atoms with E-state index >= 15 is 0 Å². The number of halogens is 2. The zero-order chi connectivity index (χ0) is 14.1. The maximum atomic E-state index is 11.0. The summed E-state index contributed by atoms with van der Waals surface area (Å²) < 4.78 is 0. The van der Waals surface area contributed by atoms with Gasteiger partial charge in [-0.05, 0) is 34.7 Å². The summed E-state index contributed by atoms with van der Waals surface area (Å²) in [7, 11) is 0. The van der Waals surface area contributed by atoms with Crippen LogP contribution < -0.4 is 0 Å². The van der Waals surface area contributed by atoms with E-state index in [9.17, 15) is 4.79 Å². The average Bonchev–Trinajstić information content (AvgIpc) is 2.49. The molecule has 0 aromatic heterocycles. The van der Waals surface area contributed by atoms with Crippen LogP contribution in [0.2, 0.25) is 10.0 Å². The molecule has 3 rings (SSSR count). The van der Waals surface area contributed by atoms with E-state index in [-0.39, 0.29) is 0 Å². The molecule has 0 atom stereocenters. The summed E-state index contributed by atoms with van der Waals surface area (Å²) in [5.74, 6) is 0. The Morgan fingerprint density at radius 1 is 0.800 bits per heavy atom. The largest absolute Gasteiger partial charge is 0.298 e. The number of carbonyl (C=O) groups is 1. The first-order chi connectivity index (χ1) is 9.70. The second-order valence-corrected chi connectivity index (χ2v) is 5.31. The van der Waals surface area contributed by atoms with E-state index in [1.54, 1.807) is 12.1 Å². The molecule has 0 bridgehead atoms. The minimum atomic E-state index is 0.460. The first-order valence-electron chi connectivity index (χ1n) is 6.13. The molecule has 1 nitrogen and oxygen atoms in total. The predicted octanol–water partition coefficient (Wildman–Crippen LogP) is 5.63. The highest BCUT2D eigenvalue weighted by Crippen LogP contribution is 2.34. The molecule has 3 heteroatoms. The number of benzene rings is 3. The summed E-state index contributed by atoms with van der Waals surface area (Å²) in [5, 5.41) is 3.23. The molecule has 0 saturated heterocycles. The first-order valence-corrected chi connectivity index (χ1v) is 6.88. The predicted molar refractivity (Wildman–Crippen MR) is 84.8 cm³/mol. The number of hydrogen-bond donors (Lipinski definition) is 0. The third-order valence-electron chi connectivity index (χ3n) is 3.30. The lowest BCUT2D eigenvalue weighted by molar-refractivity contribution is 0.112. The highest BCUT2D eigenvalue weighted by atomic mass is 35.5. The molecule has 0 saturated carbocycles. The molecule has 0 amide bonds. The zero-order valence-electron chi connectivity index (χ0n) is 10.4. The molecule has 98 valence electrons. The van der Waals surface area contributed by atoms with Gasteiger partial charge in [0.2, 0.25) is 0 Å². The van der Waals surface area contributed by atoms with E-state index in [4.69, 9.17) is 23.2 Å². The Morgan fingerprint density at radius 3 is 2.25 bits per heavy atom. The van der Waals surface area contributed by atoms with Crippen LogP contribution in [0.25, 0.3) is 21.9 Å². The van der Waals surface area contributed by atoms with Crippen LogP contribution in [0.15, 0.2) is 54.6 Å². The van der Waals surface area contributed by atoms with Crippen molar-refractivity contribution in [3.63, 3.8) is 0 Å². The van der Waals surface area contributed by atoms with Crippen LogP contribution in [0, 0.1) is 0 Å². The molecule has 0 spiro atoms. The van der Waals surface area contributed by atoms with Gasteiger partial charge in [-0.3, -0.25) is 4.79 Å². The van der Waals surface area contributed by atoms with Gasteiger partial charge in [-0.15, -0.1) is 0 Å². The van der Waals surface area contributed by atoms with E-state index in [0.29, 0.717) is 15.6 Å². The summed E-state index contributed by atoms with van der Waals surface area (Å²) in [4.78, 5) is 11.0. The Kier molecular flexibility index (Phi) is 3.47. The van der Waals surface area contributed by atoms with Crippen molar-refractivity contribution in [2.75, 3.05) is 0 Å². The second-order valence-electron chi connectivity index (χ2n) is 4.49. The van der Waals surface area contributed by atoms with Crippen molar-refractivity contribution in [3.8, 4) is 11.1 Å². The maximum absolute atomic E-state index is 11.0. The van der Waals surface area contributed by atoms with Gasteiger partial charge in [0.05, 0.1) is 5.02 Å². The molecule has 0 N–H and O–H groups in total. The Labute approximate surface area is 126 Å². The normalized spacial score (nSPS) is 10.7. The minimum absolute atomic E-state index is 0.460. The molecule has 0 aliphatic carbocycles. The van der Waals surface area contributed by atoms with E-state index < -0.39 is 0 Å². The van der Waals surface area contributed by atoms with E-state index in [1.807, 2.05) is 42.5 Å². The van der Waals surface area contributed by atoms with Crippen molar-refractivity contribution in [2.45, 2.75) is 0 Å². The standard InChI is InChI=1S/C17H10Cl2O/c18-16-7-5-11(9-12(16)10-20)13-6-8-17(19)15-4-2-1-3-14(13)15/h1-10H. The molecular formula is C17H10Cl2O. The van der Waals surface area contributed by atoms with Crippen molar-refractivity contribution < 1.29 is 4.79 Å². The van der Waals surface area contributed by atoms with Crippen LogP contribution in [0.3, 0.4) is 0 Å². The van der Waals surface area contributed by atoms with Crippen molar-refractivity contribution in [1.29, 1.82) is 0 Å². The third-order valence-corrected chi connectivity index (χ3v) is 3.98. The van der Waals surface area contributed by atoms with Crippen LogP contribution in [-0.4, -0.2) is 6.29 Å². The second kappa shape index (κ2) is 5.28. The smallest absolute Gasteiger partial charge is 0.151 e. The molecule has 20 heavy (non-hydrogen) atoms. The molecule has 3 aromatic rings. The van der Waals surface area contributed by atoms with Gasteiger partial charge in [-0.1, -0.05) is 59.6 Å². The number of hydrogen-bond acceptors (Lipinski definition) is 1.